The van der Waals surface area contributed by atoms with Gasteiger partial charge in [-0.05, 0) is 42.9 Å². The van der Waals surface area contributed by atoms with Gasteiger partial charge in [-0.2, -0.15) is 0 Å². The molecule has 1 aliphatic rings. The lowest BCUT2D eigenvalue weighted by Crippen LogP contribution is -1.96. The largest absolute Gasteiger partial charge is 0.300 e. The fourth-order valence-electron chi connectivity index (χ4n) is 1.69. The van der Waals surface area contributed by atoms with Crippen molar-refractivity contribution in [1.29, 1.82) is 0 Å². The maximum atomic E-state index is 10.9. The highest BCUT2D eigenvalue weighted by Gasteiger charge is 2.25. The van der Waals surface area contributed by atoms with Crippen LogP contribution in [0.5, 0.6) is 0 Å². The van der Waals surface area contributed by atoms with E-state index in [1.807, 2.05) is 0 Å². The summed E-state index contributed by atoms with van der Waals surface area (Å²) in [5.74, 6) is 0.979. The molecule has 0 radical (unpaired) electrons. The lowest BCUT2D eigenvalue weighted by atomic mass is 10.0. The zero-order valence-corrected chi connectivity index (χ0v) is 9.80. The summed E-state index contributed by atoms with van der Waals surface area (Å²) in [4.78, 5) is 10.9. The molecule has 74 valence electrons. The Balaban J connectivity index is 2.21. The van der Waals surface area contributed by atoms with Crippen molar-refractivity contribution in [2.24, 2.45) is 0 Å². The molecular weight excluding hydrogens is 240 g/mol. The topological polar surface area (TPSA) is 17.1 Å². The van der Waals surface area contributed by atoms with Gasteiger partial charge < -0.3 is 0 Å². The van der Waals surface area contributed by atoms with Gasteiger partial charge in [0.05, 0.1) is 0 Å². The number of hydrogen-bond acceptors (Lipinski definition) is 1. The van der Waals surface area contributed by atoms with E-state index in [0.717, 1.165) is 11.5 Å². The van der Waals surface area contributed by atoms with Crippen molar-refractivity contribution in [2.75, 3.05) is 0 Å². The van der Waals surface area contributed by atoms with Crippen molar-refractivity contribution in [2.45, 2.75) is 32.1 Å². The summed E-state index contributed by atoms with van der Waals surface area (Å²) >= 11 is 3.57. The Labute approximate surface area is 92.6 Å². The van der Waals surface area contributed by atoms with Gasteiger partial charge in [-0.25, -0.2) is 0 Å². The summed E-state index contributed by atoms with van der Waals surface area (Å²) in [7, 11) is 0. The molecule has 0 amide bonds. The first-order chi connectivity index (χ1) is 6.66. The lowest BCUT2D eigenvalue weighted by molar-refractivity contribution is -0.116. The third-order valence-electron chi connectivity index (χ3n) is 2.54. The van der Waals surface area contributed by atoms with E-state index in [9.17, 15) is 4.79 Å². The number of ketones is 1. The maximum Gasteiger partial charge on any atom is 0.134 e. The van der Waals surface area contributed by atoms with Crippen molar-refractivity contribution in [3.63, 3.8) is 0 Å². The molecule has 1 fully saturated rings. The molecule has 0 unspecified atom stereocenters. The number of carbonyl (C=O) groups excluding carboxylic acids is 1. The number of halogens is 1. The summed E-state index contributed by atoms with van der Waals surface area (Å²) < 4.78 is 1.17. The average molecular weight is 253 g/mol. The van der Waals surface area contributed by atoms with E-state index in [2.05, 4.69) is 34.1 Å². The van der Waals surface area contributed by atoms with Crippen molar-refractivity contribution < 1.29 is 4.79 Å². The molecule has 1 aromatic carbocycles. The van der Waals surface area contributed by atoms with Crippen LogP contribution in [0.1, 0.15) is 36.8 Å². The van der Waals surface area contributed by atoms with Gasteiger partial charge in [-0.1, -0.05) is 28.1 Å². The molecule has 0 atom stereocenters. The predicted molar refractivity (Wildman–Crippen MR) is 60.5 cm³/mol. The Morgan fingerprint density at radius 3 is 2.71 bits per heavy atom. The second-order valence-electron chi connectivity index (χ2n) is 4.01. The van der Waals surface area contributed by atoms with Gasteiger partial charge in [0.25, 0.3) is 0 Å². The zero-order chi connectivity index (χ0) is 10.1. The van der Waals surface area contributed by atoms with Crippen LogP contribution in [0.25, 0.3) is 0 Å². The molecule has 0 spiro atoms. The summed E-state index contributed by atoms with van der Waals surface area (Å²) in [6, 6.07) is 6.30. The van der Waals surface area contributed by atoms with Crippen molar-refractivity contribution >= 4 is 21.7 Å². The summed E-state index contributed by atoms with van der Waals surface area (Å²) in [6.45, 7) is 1.63. The van der Waals surface area contributed by atoms with Crippen LogP contribution >= 0.6 is 15.9 Å². The van der Waals surface area contributed by atoms with Crippen molar-refractivity contribution in [3.8, 4) is 0 Å². The smallest absolute Gasteiger partial charge is 0.134 e. The number of Topliss-reactive ketones (excluding diaryl/α,β-unsaturated/α-hetero) is 1. The number of benzene rings is 1. The SMILES string of the molecule is CC(=O)Cc1ccc(C2CC2)c(Br)c1. The third-order valence-corrected chi connectivity index (χ3v) is 3.22. The van der Waals surface area contributed by atoms with Gasteiger partial charge in [0.2, 0.25) is 0 Å². The van der Waals surface area contributed by atoms with Crippen LogP contribution in [0.4, 0.5) is 0 Å². The predicted octanol–water partition coefficient (Wildman–Crippen LogP) is 3.46. The molecule has 2 rings (SSSR count). The van der Waals surface area contributed by atoms with Crippen molar-refractivity contribution in [3.05, 3.63) is 33.8 Å². The van der Waals surface area contributed by atoms with E-state index in [1.165, 1.54) is 22.9 Å². The van der Waals surface area contributed by atoms with Crippen LogP contribution in [0.15, 0.2) is 22.7 Å². The molecule has 2 heteroatoms. The first-order valence-corrected chi connectivity index (χ1v) is 5.74. The number of hydrogen-bond donors (Lipinski definition) is 0. The van der Waals surface area contributed by atoms with Gasteiger partial charge in [0, 0.05) is 10.9 Å². The second-order valence-corrected chi connectivity index (χ2v) is 4.86. The van der Waals surface area contributed by atoms with Gasteiger partial charge >= 0.3 is 0 Å². The van der Waals surface area contributed by atoms with Crippen LogP contribution in [0, 0.1) is 0 Å². The van der Waals surface area contributed by atoms with Gasteiger partial charge in [-0.15, -0.1) is 0 Å². The Bertz CT molecular complexity index is 367. The van der Waals surface area contributed by atoms with E-state index < -0.39 is 0 Å². The molecule has 0 bridgehead atoms. The summed E-state index contributed by atoms with van der Waals surface area (Å²) in [6.07, 6.45) is 3.17. The number of carbonyl (C=O) groups is 1. The molecule has 1 saturated carbocycles. The van der Waals surface area contributed by atoms with Crippen LogP contribution in [0.3, 0.4) is 0 Å². The van der Waals surface area contributed by atoms with Crippen LogP contribution in [-0.2, 0) is 11.2 Å². The molecule has 1 aromatic rings. The van der Waals surface area contributed by atoms with Gasteiger partial charge in [0.1, 0.15) is 5.78 Å². The van der Waals surface area contributed by atoms with Crippen LogP contribution in [0.2, 0.25) is 0 Å². The molecule has 1 aliphatic carbocycles. The normalized spacial score (nSPS) is 15.6. The van der Waals surface area contributed by atoms with E-state index in [0.29, 0.717) is 6.42 Å². The molecule has 0 aliphatic heterocycles. The highest BCUT2D eigenvalue weighted by Crippen LogP contribution is 2.43. The minimum atomic E-state index is 0.219. The monoisotopic (exact) mass is 252 g/mol. The number of rotatable bonds is 3. The molecule has 0 saturated heterocycles. The third kappa shape index (κ3) is 2.24. The van der Waals surface area contributed by atoms with E-state index >= 15 is 0 Å². The van der Waals surface area contributed by atoms with E-state index in [4.69, 9.17) is 0 Å². The summed E-state index contributed by atoms with van der Waals surface area (Å²) in [5.41, 5.74) is 2.51. The molecule has 0 N–H and O–H groups in total. The van der Waals surface area contributed by atoms with Crippen molar-refractivity contribution in [1.82, 2.24) is 0 Å². The molecule has 14 heavy (non-hydrogen) atoms. The molecule has 0 aromatic heterocycles. The Morgan fingerprint density at radius 2 is 2.21 bits per heavy atom. The Kier molecular flexibility index (Phi) is 2.73. The summed E-state index contributed by atoms with van der Waals surface area (Å²) in [5, 5.41) is 0. The minimum Gasteiger partial charge on any atom is -0.300 e. The zero-order valence-electron chi connectivity index (χ0n) is 8.22. The van der Waals surface area contributed by atoms with E-state index in [1.54, 1.807) is 6.92 Å². The lowest BCUT2D eigenvalue weighted by Gasteiger charge is -2.04. The minimum absolute atomic E-state index is 0.219. The Hall–Kier alpha value is -0.630. The van der Waals surface area contributed by atoms with Crippen LogP contribution in [-0.4, -0.2) is 5.78 Å². The standard InChI is InChI=1S/C12H13BrO/c1-8(14)6-9-2-5-11(10-3-4-10)12(13)7-9/h2,5,7,10H,3-4,6H2,1H3. The molecule has 0 heterocycles. The van der Waals surface area contributed by atoms with E-state index in [-0.39, 0.29) is 5.78 Å². The maximum absolute atomic E-state index is 10.9. The molecular formula is C12H13BrO. The quantitative estimate of drug-likeness (QED) is 0.806. The second kappa shape index (κ2) is 3.85. The Morgan fingerprint density at radius 1 is 1.50 bits per heavy atom. The highest BCUT2D eigenvalue weighted by atomic mass is 79.9. The highest BCUT2D eigenvalue weighted by molar-refractivity contribution is 9.10. The molecule has 1 nitrogen and oxygen atoms in total. The van der Waals surface area contributed by atoms with Gasteiger partial charge in [-0.3, -0.25) is 4.79 Å². The van der Waals surface area contributed by atoms with Crippen LogP contribution < -0.4 is 0 Å². The first-order valence-electron chi connectivity index (χ1n) is 4.94. The first kappa shape index (κ1) is 9.91. The van der Waals surface area contributed by atoms with Gasteiger partial charge in [0.15, 0.2) is 0 Å². The average Bonchev–Trinajstić information content (AvgIpc) is 2.86. The fraction of sp³-hybridized carbons (Fsp3) is 0.417. The fourth-order valence-corrected chi connectivity index (χ4v) is 2.44.